The molecular formula is C16H17BrN2O4. The molecule has 6 nitrogen and oxygen atoms in total. The summed E-state index contributed by atoms with van der Waals surface area (Å²) in [5, 5.41) is 3.98. The minimum absolute atomic E-state index is 0.154. The summed E-state index contributed by atoms with van der Waals surface area (Å²) in [5.41, 5.74) is 3.01. The van der Waals surface area contributed by atoms with Crippen molar-refractivity contribution in [2.75, 3.05) is 13.7 Å². The van der Waals surface area contributed by atoms with Crippen LogP contribution in [0.3, 0.4) is 0 Å². The first-order valence-corrected chi connectivity index (χ1v) is 7.65. The number of carbonyl (C=O) groups is 1. The number of methoxy groups -OCH3 is 1. The molecule has 0 aliphatic heterocycles. The lowest BCUT2D eigenvalue weighted by atomic mass is 10.3. The van der Waals surface area contributed by atoms with Gasteiger partial charge in [0.2, 0.25) is 0 Å². The lowest BCUT2D eigenvalue weighted by molar-refractivity contribution is -0.123. The predicted molar refractivity (Wildman–Crippen MR) is 90.0 cm³/mol. The summed E-state index contributed by atoms with van der Waals surface area (Å²) >= 11 is 3.36. The Hall–Kier alpha value is -2.28. The summed E-state index contributed by atoms with van der Waals surface area (Å²) in [6.07, 6.45) is 0. The van der Waals surface area contributed by atoms with E-state index in [2.05, 4.69) is 26.5 Å². The van der Waals surface area contributed by atoms with Crippen LogP contribution in [-0.2, 0) is 4.79 Å². The molecule has 122 valence electrons. The molecule has 0 fully saturated rings. The second-order valence-electron chi connectivity index (χ2n) is 4.73. The molecule has 0 unspecified atom stereocenters. The van der Waals surface area contributed by atoms with Crippen molar-refractivity contribution < 1.29 is 18.7 Å². The van der Waals surface area contributed by atoms with Gasteiger partial charge in [-0.2, -0.15) is 5.10 Å². The van der Waals surface area contributed by atoms with Gasteiger partial charge in [-0.25, -0.2) is 5.43 Å². The first-order valence-electron chi connectivity index (χ1n) is 6.86. The third-order valence-electron chi connectivity index (χ3n) is 2.94. The second-order valence-corrected chi connectivity index (χ2v) is 5.58. The highest BCUT2D eigenvalue weighted by molar-refractivity contribution is 9.10. The Kier molecular flexibility index (Phi) is 5.81. The Balaban J connectivity index is 1.88. The number of amides is 1. The van der Waals surface area contributed by atoms with E-state index in [1.165, 1.54) is 0 Å². The molecular weight excluding hydrogens is 364 g/mol. The minimum atomic E-state index is -0.365. The lowest BCUT2D eigenvalue weighted by Gasteiger charge is -2.08. The van der Waals surface area contributed by atoms with E-state index >= 15 is 0 Å². The van der Waals surface area contributed by atoms with Crippen molar-refractivity contribution in [3.63, 3.8) is 0 Å². The Bertz CT molecular complexity index is 725. The Morgan fingerprint density at radius 2 is 2.13 bits per heavy atom. The van der Waals surface area contributed by atoms with Crippen LogP contribution >= 0.6 is 15.9 Å². The molecule has 7 heteroatoms. The smallest absolute Gasteiger partial charge is 0.277 e. The van der Waals surface area contributed by atoms with Gasteiger partial charge in [0, 0.05) is 0 Å². The number of halogens is 1. The molecule has 1 N–H and O–H groups in total. The zero-order valence-electron chi connectivity index (χ0n) is 13.1. The van der Waals surface area contributed by atoms with Gasteiger partial charge in [-0.15, -0.1) is 0 Å². The van der Waals surface area contributed by atoms with Crippen LogP contribution in [0.2, 0.25) is 0 Å². The predicted octanol–water partition coefficient (Wildman–Crippen LogP) is 3.28. The van der Waals surface area contributed by atoms with E-state index in [9.17, 15) is 4.79 Å². The Morgan fingerprint density at radius 3 is 2.74 bits per heavy atom. The molecule has 0 saturated carbocycles. The van der Waals surface area contributed by atoms with Gasteiger partial charge < -0.3 is 13.9 Å². The summed E-state index contributed by atoms with van der Waals surface area (Å²) in [7, 11) is 1.58. The first-order chi connectivity index (χ1) is 11.0. The molecule has 0 spiro atoms. The van der Waals surface area contributed by atoms with Gasteiger partial charge in [-0.1, -0.05) is 0 Å². The van der Waals surface area contributed by atoms with Gasteiger partial charge in [-0.3, -0.25) is 4.79 Å². The number of hydrogen-bond acceptors (Lipinski definition) is 5. The molecule has 0 saturated heterocycles. The molecule has 2 rings (SSSR count). The average molecular weight is 381 g/mol. The van der Waals surface area contributed by atoms with Gasteiger partial charge >= 0.3 is 0 Å². The van der Waals surface area contributed by atoms with Crippen molar-refractivity contribution in [1.82, 2.24) is 5.43 Å². The summed E-state index contributed by atoms with van der Waals surface area (Å²) in [4.78, 5) is 11.8. The number of nitrogens with zero attached hydrogens (tertiary/aromatic N) is 1. The molecule has 0 atom stereocenters. The number of furan rings is 1. The van der Waals surface area contributed by atoms with E-state index in [0.717, 1.165) is 5.76 Å². The van der Waals surface area contributed by atoms with Gasteiger partial charge in [0.1, 0.15) is 28.7 Å². The molecule has 1 aromatic heterocycles. The summed E-state index contributed by atoms with van der Waals surface area (Å²) < 4.78 is 16.6. The first kappa shape index (κ1) is 17.1. The Labute approximate surface area is 142 Å². The number of nitrogens with one attached hydrogen (secondary N) is 1. The molecule has 0 radical (unpaired) electrons. The van der Waals surface area contributed by atoms with Gasteiger partial charge in [0.25, 0.3) is 5.91 Å². The molecule has 0 aliphatic rings. The number of ether oxygens (including phenoxy) is 2. The summed E-state index contributed by atoms with van der Waals surface area (Å²) in [5.74, 6) is 2.27. The molecule has 0 bridgehead atoms. The molecule has 2 aromatic rings. The summed E-state index contributed by atoms with van der Waals surface area (Å²) in [6, 6.07) is 8.86. The van der Waals surface area contributed by atoms with E-state index in [-0.39, 0.29) is 12.5 Å². The van der Waals surface area contributed by atoms with Crippen LogP contribution < -0.4 is 14.9 Å². The fourth-order valence-corrected chi connectivity index (χ4v) is 2.20. The molecule has 1 amide bonds. The normalized spacial score (nSPS) is 11.2. The third kappa shape index (κ3) is 4.85. The average Bonchev–Trinajstić information content (AvgIpc) is 2.97. The second kappa shape index (κ2) is 7.82. The van der Waals surface area contributed by atoms with Crippen LogP contribution in [0.25, 0.3) is 0 Å². The minimum Gasteiger partial charge on any atom is -0.497 e. The number of hydrogen-bond donors (Lipinski definition) is 1. The quantitative estimate of drug-likeness (QED) is 0.616. The maximum atomic E-state index is 11.8. The number of hydrazone groups is 1. The van der Waals surface area contributed by atoms with Crippen LogP contribution in [0, 0.1) is 6.92 Å². The number of rotatable bonds is 6. The topological polar surface area (TPSA) is 73.1 Å². The number of carbonyl (C=O) groups excluding carboxylic acids is 1. The standard InChI is InChI=1S/C16H17BrN2O4/c1-10-4-6-14(23-10)11(2)18-19-16(20)9-22-15-7-5-12(21-3)8-13(15)17/h4-8H,9H2,1-3H3,(H,19,20)/b18-11+. The van der Waals surface area contributed by atoms with Crippen LogP contribution in [-0.4, -0.2) is 25.3 Å². The fourth-order valence-electron chi connectivity index (χ4n) is 1.73. The third-order valence-corrected chi connectivity index (χ3v) is 3.56. The monoisotopic (exact) mass is 380 g/mol. The fraction of sp³-hybridized carbons (Fsp3) is 0.250. The van der Waals surface area contributed by atoms with E-state index in [4.69, 9.17) is 13.9 Å². The number of benzene rings is 1. The van der Waals surface area contributed by atoms with E-state index in [1.807, 2.05) is 13.0 Å². The van der Waals surface area contributed by atoms with Crippen molar-refractivity contribution in [2.24, 2.45) is 5.10 Å². The van der Waals surface area contributed by atoms with Crippen molar-refractivity contribution in [3.8, 4) is 11.5 Å². The van der Waals surface area contributed by atoms with Crippen LogP contribution in [0.1, 0.15) is 18.4 Å². The van der Waals surface area contributed by atoms with Crippen molar-refractivity contribution in [2.45, 2.75) is 13.8 Å². The van der Waals surface area contributed by atoms with Crippen molar-refractivity contribution in [3.05, 3.63) is 46.3 Å². The van der Waals surface area contributed by atoms with Gasteiger partial charge in [0.05, 0.1) is 11.6 Å². The molecule has 1 heterocycles. The zero-order chi connectivity index (χ0) is 16.8. The van der Waals surface area contributed by atoms with Crippen LogP contribution in [0.15, 0.2) is 44.3 Å². The maximum Gasteiger partial charge on any atom is 0.277 e. The highest BCUT2D eigenvalue weighted by Crippen LogP contribution is 2.28. The van der Waals surface area contributed by atoms with Crippen LogP contribution in [0.4, 0.5) is 0 Å². The largest absolute Gasteiger partial charge is 0.497 e. The van der Waals surface area contributed by atoms with Crippen molar-refractivity contribution in [1.29, 1.82) is 0 Å². The zero-order valence-corrected chi connectivity index (χ0v) is 14.6. The van der Waals surface area contributed by atoms with Crippen molar-refractivity contribution >= 4 is 27.5 Å². The summed E-state index contributed by atoms with van der Waals surface area (Å²) in [6.45, 7) is 3.44. The molecule has 23 heavy (non-hydrogen) atoms. The Morgan fingerprint density at radius 1 is 1.35 bits per heavy atom. The molecule has 1 aromatic carbocycles. The molecule has 0 aliphatic carbocycles. The van der Waals surface area contributed by atoms with E-state index in [0.29, 0.717) is 27.4 Å². The van der Waals surface area contributed by atoms with E-state index in [1.54, 1.807) is 38.3 Å². The van der Waals surface area contributed by atoms with Crippen LogP contribution in [0.5, 0.6) is 11.5 Å². The van der Waals surface area contributed by atoms with Gasteiger partial charge in [0.15, 0.2) is 6.61 Å². The highest BCUT2D eigenvalue weighted by Gasteiger charge is 2.07. The van der Waals surface area contributed by atoms with E-state index < -0.39 is 0 Å². The lowest BCUT2D eigenvalue weighted by Crippen LogP contribution is -2.25. The maximum absolute atomic E-state index is 11.8. The SMILES string of the molecule is COc1ccc(OCC(=O)N/N=C(\C)c2ccc(C)o2)c(Br)c1. The number of aryl methyl sites for hydroxylation is 1. The highest BCUT2D eigenvalue weighted by atomic mass is 79.9. The van der Waals surface area contributed by atoms with Gasteiger partial charge in [-0.05, 0) is 60.1 Å².